The van der Waals surface area contributed by atoms with Crippen molar-refractivity contribution in [2.75, 3.05) is 12.3 Å². The van der Waals surface area contributed by atoms with E-state index in [2.05, 4.69) is 46.0 Å². The summed E-state index contributed by atoms with van der Waals surface area (Å²) in [5, 5.41) is 9.74. The summed E-state index contributed by atoms with van der Waals surface area (Å²) in [7, 11) is 0. The number of thioether (sulfide) groups is 1. The van der Waals surface area contributed by atoms with E-state index in [1.165, 1.54) is 29.3 Å². The highest BCUT2D eigenvalue weighted by atomic mass is 32.2. The summed E-state index contributed by atoms with van der Waals surface area (Å²) in [6.45, 7) is 3.72. The molecular formula is C24H28N4OS. The number of aromatic nitrogens is 3. The van der Waals surface area contributed by atoms with E-state index in [4.69, 9.17) is 0 Å². The van der Waals surface area contributed by atoms with Gasteiger partial charge in [0.05, 0.1) is 12.3 Å². The van der Waals surface area contributed by atoms with Crippen LogP contribution in [-0.2, 0) is 17.8 Å². The minimum Gasteiger partial charge on any atom is -0.339 e. The number of hydrogen-bond acceptors (Lipinski definition) is 4. The maximum absolute atomic E-state index is 12.8. The van der Waals surface area contributed by atoms with Crippen LogP contribution in [-0.4, -0.2) is 43.9 Å². The predicted molar refractivity (Wildman–Crippen MR) is 121 cm³/mol. The number of hydrogen-bond donors (Lipinski definition) is 0. The third kappa shape index (κ3) is 5.11. The van der Waals surface area contributed by atoms with Crippen molar-refractivity contribution in [1.29, 1.82) is 0 Å². The Bertz CT molecular complexity index is 958. The standard InChI is InChI=1S/C24H28N4OS/c1-19-10-8-9-15-27(19)23(29)18-30-24-26-25-22(16-20-11-4-2-5-12-20)28(24)17-21-13-6-3-7-14-21/h2-7,11-14,19H,8-10,15-18H2,1H3/t19-/m0/s1. The SMILES string of the molecule is C[C@H]1CCCCN1C(=O)CSc1nnc(Cc2ccccc2)n1Cc1ccccc1. The summed E-state index contributed by atoms with van der Waals surface area (Å²) in [4.78, 5) is 14.8. The van der Waals surface area contributed by atoms with Gasteiger partial charge in [-0.15, -0.1) is 10.2 Å². The summed E-state index contributed by atoms with van der Waals surface area (Å²) in [5.41, 5.74) is 2.40. The van der Waals surface area contributed by atoms with Gasteiger partial charge in [0, 0.05) is 19.0 Å². The van der Waals surface area contributed by atoms with Crippen LogP contribution in [0.25, 0.3) is 0 Å². The van der Waals surface area contributed by atoms with Gasteiger partial charge in [-0.3, -0.25) is 4.79 Å². The van der Waals surface area contributed by atoms with Crippen LogP contribution in [0, 0.1) is 0 Å². The summed E-state index contributed by atoms with van der Waals surface area (Å²) < 4.78 is 2.15. The van der Waals surface area contributed by atoms with Crippen molar-refractivity contribution in [3.05, 3.63) is 77.6 Å². The van der Waals surface area contributed by atoms with Gasteiger partial charge >= 0.3 is 0 Å². The van der Waals surface area contributed by atoms with E-state index >= 15 is 0 Å². The van der Waals surface area contributed by atoms with Crippen LogP contribution in [0.4, 0.5) is 0 Å². The lowest BCUT2D eigenvalue weighted by Crippen LogP contribution is -2.43. The first-order valence-corrected chi connectivity index (χ1v) is 11.6. The minimum atomic E-state index is 0.200. The first-order valence-electron chi connectivity index (χ1n) is 10.6. The molecule has 1 fully saturated rings. The van der Waals surface area contributed by atoms with Gasteiger partial charge in [0.15, 0.2) is 5.16 Å². The lowest BCUT2D eigenvalue weighted by Gasteiger charge is -2.33. The number of benzene rings is 2. The second-order valence-electron chi connectivity index (χ2n) is 7.85. The Morgan fingerprint density at radius 3 is 2.40 bits per heavy atom. The summed E-state index contributed by atoms with van der Waals surface area (Å²) >= 11 is 1.50. The fourth-order valence-electron chi connectivity index (χ4n) is 3.94. The fraction of sp³-hybridized carbons (Fsp3) is 0.375. The molecule has 1 aliphatic heterocycles. The summed E-state index contributed by atoms with van der Waals surface area (Å²) in [5.74, 6) is 1.53. The van der Waals surface area contributed by atoms with Crippen molar-refractivity contribution in [3.8, 4) is 0 Å². The Balaban J connectivity index is 1.52. The molecule has 30 heavy (non-hydrogen) atoms. The molecular weight excluding hydrogens is 392 g/mol. The number of carbonyl (C=O) groups is 1. The Morgan fingerprint density at radius 2 is 1.70 bits per heavy atom. The van der Waals surface area contributed by atoms with Gasteiger partial charge in [-0.1, -0.05) is 72.4 Å². The molecule has 0 spiro atoms. The van der Waals surface area contributed by atoms with Gasteiger partial charge in [0.25, 0.3) is 0 Å². The summed E-state index contributed by atoms with van der Waals surface area (Å²) in [6.07, 6.45) is 4.14. The number of nitrogens with zero attached hydrogens (tertiary/aromatic N) is 4. The molecule has 0 saturated carbocycles. The van der Waals surface area contributed by atoms with Gasteiger partial charge < -0.3 is 9.47 Å². The van der Waals surface area contributed by atoms with Crippen LogP contribution in [0.3, 0.4) is 0 Å². The molecule has 2 heterocycles. The molecule has 5 nitrogen and oxygen atoms in total. The number of amides is 1. The van der Waals surface area contributed by atoms with Crippen molar-refractivity contribution in [2.24, 2.45) is 0 Å². The second kappa shape index (κ2) is 9.94. The van der Waals surface area contributed by atoms with Gasteiger partial charge in [-0.25, -0.2) is 0 Å². The topological polar surface area (TPSA) is 51.0 Å². The highest BCUT2D eigenvalue weighted by molar-refractivity contribution is 7.99. The molecule has 6 heteroatoms. The van der Waals surface area contributed by atoms with Crippen LogP contribution < -0.4 is 0 Å². The smallest absolute Gasteiger partial charge is 0.233 e. The largest absolute Gasteiger partial charge is 0.339 e. The van der Waals surface area contributed by atoms with Crippen LogP contribution in [0.5, 0.6) is 0 Å². The quantitative estimate of drug-likeness (QED) is 0.531. The zero-order valence-corrected chi connectivity index (χ0v) is 18.2. The third-order valence-electron chi connectivity index (χ3n) is 5.63. The molecule has 1 aliphatic rings. The zero-order valence-electron chi connectivity index (χ0n) is 17.4. The molecule has 1 aromatic heterocycles. The molecule has 0 radical (unpaired) electrons. The predicted octanol–water partition coefficient (Wildman–Crippen LogP) is 4.41. The number of likely N-dealkylation sites (tertiary alicyclic amines) is 1. The van der Waals surface area contributed by atoms with Crippen LogP contribution in [0.15, 0.2) is 65.8 Å². The first kappa shape index (κ1) is 20.7. The molecule has 0 aliphatic carbocycles. The van der Waals surface area contributed by atoms with Crippen molar-refractivity contribution in [2.45, 2.75) is 50.4 Å². The monoisotopic (exact) mass is 420 g/mol. The Morgan fingerprint density at radius 1 is 1.00 bits per heavy atom. The van der Waals surface area contributed by atoms with E-state index in [0.717, 1.165) is 36.8 Å². The Labute approximate surface area is 182 Å². The normalized spacial score (nSPS) is 16.6. The molecule has 1 atom stereocenters. The Kier molecular flexibility index (Phi) is 6.84. The first-order chi connectivity index (χ1) is 14.7. The van der Waals surface area contributed by atoms with Gasteiger partial charge in [0.1, 0.15) is 5.82 Å². The highest BCUT2D eigenvalue weighted by Crippen LogP contribution is 2.23. The van der Waals surface area contributed by atoms with Crippen LogP contribution >= 0.6 is 11.8 Å². The molecule has 0 N–H and O–H groups in total. The van der Waals surface area contributed by atoms with Crippen LogP contribution in [0.1, 0.15) is 43.1 Å². The number of rotatable bonds is 7. The molecule has 1 amide bonds. The van der Waals surface area contributed by atoms with Crippen molar-refractivity contribution in [3.63, 3.8) is 0 Å². The van der Waals surface area contributed by atoms with Crippen molar-refractivity contribution in [1.82, 2.24) is 19.7 Å². The van der Waals surface area contributed by atoms with Gasteiger partial charge in [0.2, 0.25) is 5.91 Å². The van der Waals surface area contributed by atoms with E-state index in [-0.39, 0.29) is 5.91 Å². The molecule has 4 rings (SSSR count). The third-order valence-corrected chi connectivity index (χ3v) is 6.58. The zero-order chi connectivity index (χ0) is 20.8. The maximum Gasteiger partial charge on any atom is 0.233 e. The lowest BCUT2D eigenvalue weighted by molar-refractivity contribution is -0.131. The van der Waals surface area contributed by atoms with Crippen molar-refractivity contribution >= 4 is 17.7 Å². The van der Waals surface area contributed by atoms with E-state index in [9.17, 15) is 4.79 Å². The van der Waals surface area contributed by atoms with Crippen molar-refractivity contribution < 1.29 is 4.79 Å². The highest BCUT2D eigenvalue weighted by Gasteiger charge is 2.24. The number of carbonyl (C=O) groups excluding carboxylic acids is 1. The lowest BCUT2D eigenvalue weighted by atomic mass is 10.0. The van der Waals surface area contributed by atoms with E-state index in [1.807, 2.05) is 41.3 Å². The Hall–Kier alpha value is -2.60. The molecule has 156 valence electrons. The fourth-order valence-corrected chi connectivity index (χ4v) is 4.78. The molecule has 1 saturated heterocycles. The average molecular weight is 421 g/mol. The minimum absolute atomic E-state index is 0.200. The van der Waals surface area contributed by atoms with E-state index < -0.39 is 0 Å². The molecule has 2 aromatic carbocycles. The second-order valence-corrected chi connectivity index (χ2v) is 8.80. The van der Waals surface area contributed by atoms with Gasteiger partial charge in [-0.2, -0.15) is 0 Å². The molecule has 3 aromatic rings. The summed E-state index contributed by atoms with van der Waals surface area (Å²) in [6, 6.07) is 21.0. The van der Waals surface area contributed by atoms with Crippen LogP contribution in [0.2, 0.25) is 0 Å². The maximum atomic E-state index is 12.8. The number of piperidine rings is 1. The van der Waals surface area contributed by atoms with E-state index in [1.54, 1.807) is 0 Å². The molecule has 0 unspecified atom stereocenters. The van der Waals surface area contributed by atoms with Gasteiger partial charge in [-0.05, 0) is 37.3 Å². The average Bonchev–Trinajstić information content (AvgIpc) is 3.15. The molecule has 0 bridgehead atoms. The van der Waals surface area contributed by atoms with E-state index in [0.29, 0.717) is 18.3 Å².